The van der Waals surface area contributed by atoms with E-state index < -0.39 is 12.1 Å². The van der Waals surface area contributed by atoms with Crippen LogP contribution in [0.1, 0.15) is 11.3 Å². The number of nitrogens with zero attached hydrogens (tertiary/aromatic N) is 2. The summed E-state index contributed by atoms with van der Waals surface area (Å²) in [5, 5.41) is 22.1. The minimum Gasteiger partial charge on any atom is -0.508 e. The van der Waals surface area contributed by atoms with E-state index in [4.69, 9.17) is 0 Å². The Morgan fingerprint density at radius 2 is 1.82 bits per heavy atom. The van der Waals surface area contributed by atoms with Gasteiger partial charge in [-0.3, -0.25) is 4.79 Å². The highest BCUT2D eigenvalue weighted by Crippen LogP contribution is 2.24. The van der Waals surface area contributed by atoms with Crippen LogP contribution in [0.2, 0.25) is 0 Å². The number of phenolic OH excluding ortho intramolecular Hbond substituents is 1. The van der Waals surface area contributed by atoms with E-state index in [0.717, 1.165) is 22.2 Å². The topological polar surface area (TPSA) is 94.8 Å². The molecule has 4 rings (SSSR count). The number of hydrogen-bond acceptors (Lipinski definition) is 3. The lowest BCUT2D eigenvalue weighted by Crippen LogP contribution is -2.51. The first-order valence-electron chi connectivity index (χ1n) is 9.14. The number of fused-ring (bicyclic) bond motifs is 3. The van der Waals surface area contributed by atoms with Gasteiger partial charge in [-0.15, -0.1) is 0 Å². The first-order chi connectivity index (χ1) is 13.5. The fourth-order valence-electron chi connectivity index (χ4n) is 3.78. The van der Waals surface area contributed by atoms with Gasteiger partial charge in [0.15, 0.2) is 0 Å². The van der Waals surface area contributed by atoms with E-state index in [2.05, 4.69) is 22.0 Å². The van der Waals surface area contributed by atoms with Gasteiger partial charge in [0, 0.05) is 30.7 Å². The average Bonchev–Trinajstić information content (AvgIpc) is 3.06. The maximum absolute atomic E-state index is 13.1. The molecule has 0 saturated carbocycles. The highest BCUT2D eigenvalue weighted by Gasteiger charge is 2.29. The van der Waals surface area contributed by atoms with Crippen LogP contribution in [0.15, 0.2) is 54.6 Å². The lowest BCUT2D eigenvalue weighted by molar-refractivity contribution is -0.134. The quantitative estimate of drug-likeness (QED) is 0.649. The van der Waals surface area contributed by atoms with Crippen molar-refractivity contribution in [3.63, 3.8) is 0 Å². The van der Waals surface area contributed by atoms with E-state index in [-0.39, 0.29) is 18.1 Å². The molecule has 3 aromatic rings. The second-order valence-electron chi connectivity index (χ2n) is 6.98. The molecule has 7 heteroatoms. The molecule has 1 unspecified atom stereocenters. The Bertz CT molecular complexity index is 1030. The van der Waals surface area contributed by atoms with E-state index in [1.54, 1.807) is 17.0 Å². The maximum Gasteiger partial charge on any atom is 0.405 e. The normalized spacial score (nSPS) is 14.5. The fraction of sp³-hybridized carbons (Fsp3) is 0.238. The van der Waals surface area contributed by atoms with Crippen LogP contribution in [0.3, 0.4) is 0 Å². The highest BCUT2D eigenvalue weighted by molar-refractivity contribution is 5.86. The zero-order valence-electron chi connectivity index (χ0n) is 15.2. The molecular formula is C21H21N3O4. The van der Waals surface area contributed by atoms with Crippen molar-refractivity contribution >= 4 is 22.9 Å². The molecule has 2 aromatic carbocycles. The molecule has 0 aliphatic carbocycles. The fourth-order valence-corrected chi connectivity index (χ4v) is 3.78. The molecule has 1 aliphatic rings. The average molecular weight is 379 g/mol. The zero-order chi connectivity index (χ0) is 19.7. The van der Waals surface area contributed by atoms with E-state index in [1.807, 2.05) is 18.2 Å². The van der Waals surface area contributed by atoms with Crippen molar-refractivity contribution in [2.75, 3.05) is 6.54 Å². The predicted molar refractivity (Wildman–Crippen MR) is 104 cm³/mol. The van der Waals surface area contributed by atoms with Crippen LogP contribution >= 0.6 is 0 Å². The second-order valence-corrected chi connectivity index (χ2v) is 6.98. The maximum atomic E-state index is 13.1. The van der Waals surface area contributed by atoms with Crippen LogP contribution in [-0.4, -0.2) is 44.3 Å². The summed E-state index contributed by atoms with van der Waals surface area (Å²) < 4.78 is 2.21. The molecule has 3 N–H and O–H groups in total. The van der Waals surface area contributed by atoms with Crippen LogP contribution < -0.4 is 5.32 Å². The van der Waals surface area contributed by atoms with E-state index in [1.165, 1.54) is 12.1 Å². The van der Waals surface area contributed by atoms with Crippen molar-refractivity contribution < 1.29 is 19.8 Å². The highest BCUT2D eigenvalue weighted by atomic mass is 16.4. The Morgan fingerprint density at radius 3 is 2.57 bits per heavy atom. The number of phenols is 1. The largest absolute Gasteiger partial charge is 0.508 e. The molecule has 0 bridgehead atoms. The van der Waals surface area contributed by atoms with Gasteiger partial charge in [0.05, 0.1) is 6.54 Å². The van der Waals surface area contributed by atoms with E-state index in [0.29, 0.717) is 19.6 Å². The Balaban J connectivity index is 1.54. The summed E-state index contributed by atoms with van der Waals surface area (Å²) >= 11 is 0. The number of carbonyl (C=O) groups excluding carboxylic acids is 1. The molecule has 2 amide bonds. The minimum atomic E-state index is -1.23. The summed E-state index contributed by atoms with van der Waals surface area (Å²) in [6, 6.07) is 15.7. The summed E-state index contributed by atoms with van der Waals surface area (Å²) in [7, 11) is 0. The lowest BCUT2D eigenvalue weighted by atomic mass is 10.0. The van der Waals surface area contributed by atoms with Gasteiger partial charge in [-0.05, 0) is 35.2 Å². The standard InChI is InChI=1S/C21H21N3O4/c25-17-7-5-14(6-8-17)11-18(22-21(27)28)20(26)23-9-10-24-16(13-23)12-15-3-1-2-4-19(15)24/h1-8,12,18,22,25H,9-11,13H2,(H,27,28). The number of carbonyl (C=O) groups is 2. The Hall–Kier alpha value is -3.48. The molecule has 7 nitrogen and oxygen atoms in total. The number of hydrogen-bond donors (Lipinski definition) is 3. The number of para-hydroxylation sites is 1. The molecule has 144 valence electrons. The van der Waals surface area contributed by atoms with Gasteiger partial charge in [-0.2, -0.15) is 0 Å². The number of amides is 2. The Morgan fingerprint density at radius 1 is 1.07 bits per heavy atom. The number of aromatic hydroxyl groups is 1. The molecule has 1 atom stereocenters. The zero-order valence-corrected chi connectivity index (χ0v) is 15.2. The van der Waals surface area contributed by atoms with Crippen LogP contribution in [0, 0.1) is 0 Å². The number of aromatic nitrogens is 1. The summed E-state index contributed by atoms with van der Waals surface area (Å²) in [6.45, 7) is 1.65. The Kier molecular flexibility index (Phi) is 4.65. The number of nitrogens with one attached hydrogen (secondary N) is 1. The van der Waals surface area contributed by atoms with Crippen molar-refractivity contribution in [3.05, 3.63) is 65.9 Å². The van der Waals surface area contributed by atoms with Crippen molar-refractivity contribution in [1.82, 2.24) is 14.8 Å². The van der Waals surface area contributed by atoms with Crippen LogP contribution in [0.5, 0.6) is 5.75 Å². The third-order valence-electron chi connectivity index (χ3n) is 5.13. The molecule has 0 fully saturated rings. The van der Waals surface area contributed by atoms with Crippen LogP contribution in [0.25, 0.3) is 10.9 Å². The molecular weight excluding hydrogens is 358 g/mol. The molecule has 28 heavy (non-hydrogen) atoms. The van der Waals surface area contributed by atoms with Gasteiger partial charge in [-0.1, -0.05) is 30.3 Å². The molecule has 1 aliphatic heterocycles. The van der Waals surface area contributed by atoms with Crippen molar-refractivity contribution in [3.8, 4) is 5.75 Å². The second kappa shape index (κ2) is 7.26. The first kappa shape index (κ1) is 17.9. The molecule has 0 spiro atoms. The van der Waals surface area contributed by atoms with Gasteiger partial charge in [0.1, 0.15) is 11.8 Å². The number of rotatable bonds is 4. The van der Waals surface area contributed by atoms with Crippen LogP contribution in [0.4, 0.5) is 4.79 Å². The Labute approximate surface area is 161 Å². The third kappa shape index (κ3) is 3.51. The number of benzene rings is 2. The molecule has 0 saturated heterocycles. The minimum absolute atomic E-state index is 0.127. The SMILES string of the molecule is O=C(O)NC(Cc1ccc(O)cc1)C(=O)N1CCn2c(cc3ccccc32)C1. The third-order valence-corrected chi connectivity index (χ3v) is 5.13. The molecule has 1 aromatic heterocycles. The number of carboxylic acid groups (broad SMARTS) is 1. The molecule has 2 heterocycles. The van der Waals surface area contributed by atoms with Gasteiger partial charge < -0.3 is 25.0 Å². The predicted octanol–water partition coefficient (Wildman–Crippen LogP) is 2.57. The van der Waals surface area contributed by atoms with E-state index >= 15 is 0 Å². The summed E-state index contributed by atoms with van der Waals surface area (Å²) in [4.78, 5) is 26.0. The first-order valence-corrected chi connectivity index (χ1v) is 9.14. The summed E-state index contributed by atoms with van der Waals surface area (Å²) in [5.74, 6) is -0.117. The van der Waals surface area contributed by atoms with Crippen LogP contribution in [-0.2, 0) is 24.3 Å². The summed E-state index contributed by atoms with van der Waals surface area (Å²) in [6.07, 6.45) is -1.01. The molecule has 0 radical (unpaired) electrons. The van der Waals surface area contributed by atoms with Crippen molar-refractivity contribution in [2.45, 2.75) is 25.6 Å². The van der Waals surface area contributed by atoms with Crippen molar-refractivity contribution in [2.24, 2.45) is 0 Å². The van der Waals surface area contributed by atoms with Gasteiger partial charge in [-0.25, -0.2) is 4.79 Å². The smallest absolute Gasteiger partial charge is 0.405 e. The summed E-state index contributed by atoms with van der Waals surface area (Å²) in [5.41, 5.74) is 2.96. The van der Waals surface area contributed by atoms with Gasteiger partial charge in [0.2, 0.25) is 5.91 Å². The van der Waals surface area contributed by atoms with Crippen molar-refractivity contribution in [1.29, 1.82) is 0 Å². The monoisotopic (exact) mass is 379 g/mol. The van der Waals surface area contributed by atoms with Gasteiger partial charge >= 0.3 is 6.09 Å². The van der Waals surface area contributed by atoms with E-state index in [9.17, 15) is 19.8 Å². The van der Waals surface area contributed by atoms with Gasteiger partial charge in [0.25, 0.3) is 0 Å². The lowest BCUT2D eigenvalue weighted by Gasteiger charge is -2.32.